The van der Waals surface area contributed by atoms with Crippen molar-refractivity contribution in [1.29, 1.82) is 0 Å². The normalized spacial score (nSPS) is 13.4. The lowest BCUT2D eigenvalue weighted by atomic mass is 9.83. The van der Waals surface area contributed by atoms with Crippen molar-refractivity contribution < 1.29 is 14.2 Å². The smallest absolute Gasteiger partial charge is 0.108 e. The zero-order chi connectivity index (χ0) is 22.7. The van der Waals surface area contributed by atoms with Crippen LogP contribution >= 0.6 is 0 Å². The summed E-state index contributed by atoms with van der Waals surface area (Å²) in [5.41, 5.74) is 3.09. The molecular formula is C29H34O3. The second kappa shape index (κ2) is 12.4. The van der Waals surface area contributed by atoms with Gasteiger partial charge in [0.2, 0.25) is 0 Å². The van der Waals surface area contributed by atoms with Gasteiger partial charge in [-0.1, -0.05) is 111 Å². The first kappa shape index (κ1) is 23.9. The molecule has 168 valence electrons. The summed E-state index contributed by atoms with van der Waals surface area (Å²) in [5.74, 6) is 0. The summed E-state index contributed by atoms with van der Waals surface area (Å²) in [6.07, 6.45) is 1.47. The summed E-state index contributed by atoms with van der Waals surface area (Å²) < 4.78 is 19.0. The van der Waals surface area contributed by atoms with Gasteiger partial charge < -0.3 is 14.2 Å². The highest BCUT2D eigenvalue weighted by molar-refractivity contribution is 5.15. The van der Waals surface area contributed by atoms with Crippen LogP contribution in [0.25, 0.3) is 0 Å². The van der Waals surface area contributed by atoms with Gasteiger partial charge >= 0.3 is 0 Å². The van der Waals surface area contributed by atoms with E-state index in [2.05, 4.69) is 56.8 Å². The molecule has 3 heteroatoms. The maximum absolute atomic E-state index is 6.46. The Morgan fingerprint density at radius 1 is 0.688 bits per heavy atom. The Hall–Kier alpha value is -2.72. The van der Waals surface area contributed by atoms with E-state index in [-0.39, 0.29) is 17.6 Å². The van der Waals surface area contributed by atoms with Crippen molar-refractivity contribution in [3.8, 4) is 0 Å². The van der Waals surface area contributed by atoms with Crippen LogP contribution in [0.4, 0.5) is 0 Å². The summed E-state index contributed by atoms with van der Waals surface area (Å²) >= 11 is 0. The Bertz CT molecular complexity index is 907. The minimum absolute atomic E-state index is 0.223. The Morgan fingerprint density at radius 3 is 1.59 bits per heavy atom. The standard InChI is InChI=1S/C29H34O3/c1-4-29(2,3)28(32-22-26-18-12-7-13-19-26)27(31-21-25-16-10-6-11-17-25)23-30-20-24-14-8-5-9-15-24/h4-19,27-28H,1,20-23H2,2-3H3/t27-,28-/m1/s1. The van der Waals surface area contributed by atoms with Crippen LogP contribution in [0.1, 0.15) is 30.5 Å². The van der Waals surface area contributed by atoms with Crippen molar-refractivity contribution in [3.63, 3.8) is 0 Å². The first-order valence-electron chi connectivity index (χ1n) is 11.1. The van der Waals surface area contributed by atoms with E-state index in [1.807, 2.05) is 60.7 Å². The molecule has 0 saturated carbocycles. The second-order valence-corrected chi connectivity index (χ2v) is 8.58. The number of ether oxygens (including phenoxy) is 3. The van der Waals surface area contributed by atoms with Gasteiger partial charge in [0.05, 0.1) is 32.5 Å². The Balaban J connectivity index is 1.73. The zero-order valence-electron chi connectivity index (χ0n) is 19.2. The van der Waals surface area contributed by atoms with Gasteiger partial charge in [-0.2, -0.15) is 0 Å². The first-order chi connectivity index (χ1) is 15.6. The highest BCUT2D eigenvalue weighted by Crippen LogP contribution is 2.30. The lowest BCUT2D eigenvalue weighted by Crippen LogP contribution is -2.44. The van der Waals surface area contributed by atoms with E-state index in [1.54, 1.807) is 0 Å². The lowest BCUT2D eigenvalue weighted by Gasteiger charge is -2.37. The molecule has 0 aliphatic carbocycles. The van der Waals surface area contributed by atoms with Gasteiger partial charge in [-0.05, 0) is 16.7 Å². The van der Waals surface area contributed by atoms with Gasteiger partial charge in [-0.3, -0.25) is 0 Å². The van der Waals surface area contributed by atoms with Gasteiger partial charge in [0.25, 0.3) is 0 Å². The summed E-state index contributed by atoms with van der Waals surface area (Å²) in [5, 5.41) is 0. The molecule has 0 N–H and O–H groups in total. The highest BCUT2D eigenvalue weighted by Gasteiger charge is 2.35. The molecule has 0 fully saturated rings. The molecule has 0 amide bonds. The molecule has 3 aromatic rings. The quantitative estimate of drug-likeness (QED) is 0.286. The first-order valence-corrected chi connectivity index (χ1v) is 11.1. The maximum atomic E-state index is 6.46. The third-order valence-corrected chi connectivity index (χ3v) is 5.57. The molecule has 32 heavy (non-hydrogen) atoms. The van der Waals surface area contributed by atoms with E-state index in [1.165, 1.54) is 0 Å². The molecule has 2 atom stereocenters. The SMILES string of the molecule is C=CC(C)(C)[C@H](OCc1ccccc1)[C@@H](COCc1ccccc1)OCc1ccccc1. The molecule has 3 aromatic carbocycles. The van der Waals surface area contributed by atoms with E-state index in [4.69, 9.17) is 14.2 Å². The van der Waals surface area contributed by atoms with Crippen molar-refractivity contribution >= 4 is 0 Å². The molecule has 3 nitrogen and oxygen atoms in total. The summed E-state index contributed by atoms with van der Waals surface area (Å²) in [7, 11) is 0. The van der Waals surface area contributed by atoms with E-state index >= 15 is 0 Å². The molecule has 0 spiro atoms. The van der Waals surface area contributed by atoms with Gasteiger partial charge in [-0.25, -0.2) is 0 Å². The van der Waals surface area contributed by atoms with E-state index in [9.17, 15) is 0 Å². The fourth-order valence-corrected chi connectivity index (χ4v) is 3.55. The molecule has 0 aliphatic heterocycles. The number of hydrogen-bond acceptors (Lipinski definition) is 3. The minimum Gasteiger partial charge on any atom is -0.374 e. The van der Waals surface area contributed by atoms with E-state index in [0.717, 1.165) is 16.7 Å². The van der Waals surface area contributed by atoms with E-state index in [0.29, 0.717) is 26.4 Å². The summed E-state index contributed by atoms with van der Waals surface area (Å²) in [4.78, 5) is 0. The highest BCUT2D eigenvalue weighted by atomic mass is 16.6. The Labute approximate surface area is 192 Å². The van der Waals surface area contributed by atoms with Crippen LogP contribution in [-0.2, 0) is 34.0 Å². The summed E-state index contributed by atoms with van der Waals surface area (Å²) in [6, 6.07) is 30.6. The van der Waals surface area contributed by atoms with Crippen molar-refractivity contribution in [3.05, 3.63) is 120 Å². The molecule has 0 radical (unpaired) electrons. The van der Waals surface area contributed by atoms with Crippen molar-refractivity contribution in [2.24, 2.45) is 5.41 Å². The molecule has 0 aromatic heterocycles. The van der Waals surface area contributed by atoms with Gasteiger partial charge in [-0.15, -0.1) is 6.58 Å². The van der Waals surface area contributed by atoms with E-state index < -0.39 is 0 Å². The molecule has 0 aliphatic rings. The zero-order valence-corrected chi connectivity index (χ0v) is 19.2. The predicted molar refractivity (Wildman–Crippen MR) is 130 cm³/mol. The third-order valence-electron chi connectivity index (χ3n) is 5.57. The maximum Gasteiger partial charge on any atom is 0.108 e. The Morgan fingerprint density at radius 2 is 1.12 bits per heavy atom. The molecule has 3 rings (SSSR count). The molecular weight excluding hydrogens is 396 g/mol. The van der Waals surface area contributed by atoms with Crippen molar-refractivity contribution in [1.82, 2.24) is 0 Å². The molecule has 0 heterocycles. The topological polar surface area (TPSA) is 27.7 Å². The number of benzene rings is 3. The van der Waals surface area contributed by atoms with Gasteiger partial charge in [0.15, 0.2) is 0 Å². The molecule has 0 bridgehead atoms. The fraction of sp³-hybridized carbons (Fsp3) is 0.310. The van der Waals surface area contributed by atoms with Crippen LogP contribution in [0.3, 0.4) is 0 Å². The van der Waals surface area contributed by atoms with Crippen LogP contribution in [0.5, 0.6) is 0 Å². The fourth-order valence-electron chi connectivity index (χ4n) is 3.55. The minimum atomic E-state index is -0.299. The van der Waals surface area contributed by atoms with Crippen molar-refractivity contribution in [2.45, 2.75) is 45.9 Å². The van der Waals surface area contributed by atoms with Crippen LogP contribution < -0.4 is 0 Å². The number of rotatable bonds is 13. The van der Waals surface area contributed by atoms with Crippen LogP contribution in [0.2, 0.25) is 0 Å². The molecule has 0 unspecified atom stereocenters. The number of hydrogen-bond donors (Lipinski definition) is 0. The van der Waals surface area contributed by atoms with Crippen LogP contribution in [-0.4, -0.2) is 18.8 Å². The largest absolute Gasteiger partial charge is 0.374 e. The van der Waals surface area contributed by atoms with Gasteiger partial charge in [0.1, 0.15) is 6.10 Å². The van der Waals surface area contributed by atoms with Crippen molar-refractivity contribution in [2.75, 3.05) is 6.61 Å². The molecule has 0 saturated heterocycles. The monoisotopic (exact) mass is 430 g/mol. The Kier molecular flexibility index (Phi) is 9.24. The average Bonchev–Trinajstić information content (AvgIpc) is 2.84. The van der Waals surface area contributed by atoms with Crippen LogP contribution in [0.15, 0.2) is 104 Å². The predicted octanol–water partition coefficient (Wildman–Crippen LogP) is 6.59. The average molecular weight is 431 g/mol. The lowest BCUT2D eigenvalue weighted by molar-refractivity contribution is -0.145. The van der Waals surface area contributed by atoms with Gasteiger partial charge in [0, 0.05) is 5.41 Å². The summed E-state index contributed by atoms with van der Waals surface area (Å²) in [6.45, 7) is 10.3. The third kappa shape index (κ3) is 7.45. The van der Waals surface area contributed by atoms with Crippen LogP contribution in [0, 0.1) is 5.41 Å². The second-order valence-electron chi connectivity index (χ2n) is 8.58.